The highest BCUT2D eigenvalue weighted by molar-refractivity contribution is 5.69. The number of hydrogen-bond donors (Lipinski definition) is 1. The molecule has 0 aromatic heterocycles. The van der Waals surface area contributed by atoms with Crippen molar-refractivity contribution in [2.24, 2.45) is 0 Å². The van der Waals surface area contributed by atoms with Gasteiger partial charge in [0.15, 0.2) is 0 Å². The summed E-state index contributed by atoms with van der Waals surface area (Å²) in [5.41, 5.74) is 0. The number of likely N-dealkylation sites (N-methyl/N-ethyl adjacent to an activating group) is 1. The number of aliphatic carboxylic acids is 1. The first-order valence-corrected chi connectivity index (χ1v) is 13.1. The molecule has 0 radical (unpaired) electrons. The summed E-state index contributed by atoms with van der Waals surface area (Å²) in [5, 5.41) is 14.7. The molecule has 0 heterocycles. The molecule has 0 aliphatic carbocycles. The number of unbranched alkanes of at least 4 members (excludes halogenated alkanes) is 15. The zero-order chi connectivity index (χ0) is 22.5. The van der Waals surface area contributed by atoms with E-state index >= 15 is 0 Å². The van der Waals surface area contributed by atoms with E-state index in [2.05, 4.69) is 12.2 Å². The Morgan fingerprint density at radius 1 is 0.667 bits per heavy atom. The fraction of sp³-hybridized carbons (Fsp3) is 0.962. The average molecular weight is 427 g/mol. The van der Waals surface area contributed by atoms with Crippen LogP contribution in [0.4, 0.5) is 0 Å². The van der Waals surface area contributed by atoms with E-state index in [0.717, 1.165) is 19.5 Å². The van der Waals surface area contributed by atoms with Crippen LogP contribution in [0, 0.1) is 0 Å². The minimum atomic E-state index is -0.930. The molecule has 30 heavy (non-hydrogen) atoms. The summed E-state index contributed by atoms with van der Waals surface area (Å²) < 4.78 is 0.432. The quantitative estimate of drug-likeness (QED) is 0.175. The van der Waals surface area contributed by atoms with E-state index in [0.29, 0.717) is 10.9 Å². The first kappa shape index (κ1) is 29.4. The molecule has 0 aliphatic rings. The van der Waals surface area contributed by atoms with E-state index in [-0.39, 0.29) is 0 Å². The Kier molecular flexibility index (Phi) is 19.9. The Morgan fingerprint density at radius 3 is 1.40 bits per heavy atom. The van der Waals surface area contributed by atoms with Gasteiger partial charge in [0, 0.05) is 6.42 Å². The average Bonchev–Trinajstić information content (AvgIpc) is 2.68. The van der Waals surface area contributed by atoms with Crippen LogP contribution in [0.3, 0.4) is 0 Å². The molecule has 0 aromatic rings. The lowest BCUT2D eigenvalue weighted by atomic mass is 10.0. The summed E-state index contributed by atoms with van der Waals surface area (Å²) in [7, 11) is 5.76. The molecule has 1 N–H and O–H groups in total. The highest BCUT2D eigenvalue weighted by atomic mass is 16.4. The van der Waals surface area contributed by atoms with Crippen LogP contribution in [0.25, 0.3) is 0 Å². The van der Waals surface area contributed by atoms with Gasteiger partial charge >= 0.3 is 0 Å². The number of rotatable bonds is 23. The van der Waals surface area contributed by atoms with E-state index in [1.54, 1.807) is 0 Å². The van der Waals surface area contributed by atoms with Crippen LogP contribution in [0.15, 0.2) is 0 Å². The standard InChI is InChI=1S/C26H54N2O2/c1-5-6-7-8-9-10-11-12-13-14-15-16-17-18-19-20-23-27-24-21-22-25(26(29)30)28(2,3)4/h25,27H,5-24H2,1-4H3. The Hall–Kier alpha value is -0.610. The van der Waals surface area contributed by atoms with Crippen molar-refractivity contribution in [2.75, 3.05) is 34.2 Å². The van der Waals surface area contributed by atoms with Gasteiger partial charge in [0.1, 0.15) is 6.04 Å². The van der Waals surface area contributed by atoms with Crippen molar-refractivity contribution < 1.29 is 14.4 Å². The number of carbonyl (C=O) groups excluding carboxylic acids is 1. The highest BCUT2D eigenvalue weighted by Gasteiger charge is 2.24. The van der Waals surface area contributed by atoms with Crippen molar-refractivity contribution in [1.29, 1.82) is 0 Å². The molecule has 1 atom stereocenters. The van der Waals surface area contributed by atoms with Gasteiger partial charge in [-0.05, 0) is 25.9 Å². The zero-order valence-electron chi connectivity index (χ0n) is 21.0. The van der Waals surface area contributed by atoms with Crippen molar-refractivity contribution in [3.05, 3.63) is 0 Å². The van der Waals surface area contributed by atoms with Gasteiger partial charge in [-0.15, -0.1) is 0 Å². The number of carboxylic acid groups (broad SMARTS) is 1. The maximum atomic E-state index is 11.2. The number of carboxylic acids is 1. The largest absolute Gasteiger partial charge is 0.544 e. The Bertz CT molecular complexity index is 380. The molecule has 4 nitrogen and oxygen atoms in total. The third-order valence-corrected chi connectivity index (χ3v) is 6.25. The first-order chi connectivity index (χ1) is 14.4. The van der Waals surface area contributed by atoms with Gasteiger partial charge in [0.2, 0.25) is 0 Å². The van der Waals surface area contributed by atoms with Crippen LogP contribution >= 0.6 is 0 Å². The summed E-state index contributed by atoms with van der Waals surface area (Å²) in [6, 6.07) is -0.414. The molecule has 0 amide bonds. The van der Waals surface area contributed by atoms with Crippen LogP contribution in [0.1, 0.15) is 122 Å². The van der Waals surface area contributed by atoms with Gasteiger partial charge in [0.25, 0.3) is 0 Å². The van der Waals surface area contributed by atoms with Crippen LogP contribution in [-0.4, -0.2) is 50.7 Å². The normalized spacial score (nSPS) is 12.9. The molecular formula is C26H54N2O2. The predicted octanol–water partition coefficient (Wildman–Crippen LogP) is 5.44. The predicted molar refractivity (Wildman–Crippen MR) is 128 cm³/mol. The number of nitrogens with zero attached hydrogens (tertiary/aromatic N) is 1. The van der Waals surface area contributed by atoms with Crippen LogP contribution in [0.5, 0.6) is 0 Å². The van der Waals surface area contributed by atoms with Gasteiger partial charge in [-0.3, -0.25) is 0 Å². The third-order valence-electron chi connectivity index (χ3n) is 6.25. The van der Waals surface area contributed by atoms with Crippen LogP contribution in [-0.2, 0) is 4.79 Å². The molecule has 4 heteroatoms. The van der Waals surface area contributed by atoms with Gasteiger partial charge in [0.05, 0.1) is 27.1 Å². The molecule has 0 fully saturated rings. The van der Waals surface area contributed by atoms with E-state index in [1.807, 2.05) is 21.1 Å². The van der Waals surface area contributed by atoms with Gasteiger partial charge < -0.3 is 19.7 Å². The molecule has 1 unspecified atom stereocenters. The topological polar surface area (TPSA) is 52.2 Å². The molecule has 0 rings (SSSR count). The van der Waals surface area contributed by atoms with Crippen LogP contribution in [0.2, 0.25) is 0 Å². The zero-order valence-corrected chi connectivity index (χ0v) is 21.0. The summed E-state index contributed by atoms with van der Waals surface area (Å²) in [6.07, 6.45) is 24.0. The maximum absolute atomic E-state index is 11.2. The van der Waals surface area contributed by atoms with Gasteiger partial charge in [-0.25, -0.2) is 0 Å². The Balaban J connectivity index is 3.24. The summed E-state index contributed by atoms with van der Waals surface area (Å²) in [5.74, 6) is -0.930. The number of quaternary nitrogens is 1. The Labute approximate surface area is 188 Å². The summed E-state index contributed by atoms with van der Waals surface area (Å²) >= 11 is 0. The van der Waals surface area contributed by atoms with Crippen molar-refractivity contribution in [3.63, 3.8) is 0 Å². The lowest BCUT2D eigenvalue weighted by molar-refractivity contribution is -0.889. The fourth-order valence-electron chi connectivity index (χ4n) is 4.16. The number of nitrogens with one attached hydrogen (secondary N) is 1. The lowest BCUT2D eigenvalue weighted by Crippen LogP contribution is -2.54. The molecule has 0 bridgehead atoms. The molecular weight excluding hydrogens is 372 g/mol. The van der Waals surface area contributed by atoms with E-state index in [9.17, 15) is 9.90 Å². The van der Waals surface area contributed by atoms with Gasteiger partial charge in [-0.1, -0.05) is 103 Å². The fourth-order valence-corrected chi connectivity index (χ4v) is 4.16. The van der Waals surface area contributed by atoms with Crippen molar-refractivity contribution in [3.8, 4) is 0 Å². The van der Waals surface area contributed by atoms with Crippen molar-refractivity contribution in [1.82, 2.24) is 5.32 Å². The summed E-state index contributed by atoms with van der Waals surface area (Å²) in [6.45, 7) is 4.24. The third kappa shape index (κ3) is 19.4. The van der Waals surface area contributed by atoms with E-state index < -0.39 is 12.0 Å². The van der Waals surface area contributed by atoms with E-state index in [4.69, 9.17) is 0 Å². The molecule has 0 aromatic carbocycles. The second-order valence-electron chi connectivity index (χ2n) is 10.1. The molecule has 0 spiro atoms. The molecule has 180 valence electrons. The second kappa shape index (κ2) is 20.3. The van der Waals surface area contributed by atoms with Gasteiger partial charge in [-0.2, -0.15) is 0 Å². The monoisotopic (exact) mass is 426 g/mol. The number of carbonyl (C=O) groups is 1. The smallest absolute Gasteiger partial charge is 0.129 e. The molecule has 0 saturated heterocycles. The van der Waals surface area contributed by atoms with Crippen molar-refractivity contribution >= 4 is 5.97 Å². The Morgan fingerprint density at radius 2 is 1.03 bits per heavy atom. The van der Waals surface area contributed by atoms with Crippen LogP contribution < -0.4 is 10.4 Å². The minimum absolute atomic E-state index is 0.414. The van der Waals surface area contributed by atoms with Crippen molar-refractivity contribution in [2.45, 2.75) is 129 Å². The SMILES string of the molecule is CCCCCCCCCCCCCCCCCCNCCCC(C(=O)[O-])[N+](C)(C)C. The molecule has 0 aliphatic heterocycles. The maximum Gasteiger partial charge on any atom is 0.129 e. The second-order valence-corrected chi connectivity index (χ2v) is 10.1. The first-order valence-electron chi connectivity index (χ1n) is 13.1. The van der Waals surface area contributed by atoms with E-state index in [1.165, 1.54) is 103 Å². The number of hydrogen-bond acceptors (Lipinski definition) is 3. The minimum Gasteiger partial charge on any atom is -0.544 e. The molecule has 0 saturated carbocycles. The summed E-state index contributed by atoms with van der Waals surface area (Å²) in [4.78, 5) is 11.2. The lowest BCUT2D eigenvalue weighted by Gasteiger charge is -2.34. The highest BCUT2D eigenvalue weighted by Crippen LogP contribution is 2.13.